The number of rotatable bonds is 3. The van der Waals surface area contributed by atoms with Crippen molar-refractivity contribution in [2.75, 3.05) is 7.11 Å². The number of hydrogen-bond donors (Lipinski definition) is 0. The first-order valence-electron chi connectivity index (χ1n) is 7.49. The highest BCUT2D eigenvalue weighted by atomic mass is 16.5. The fourth-order valence-corrected chi connectivity index (χ4v) is 2.59. The van der Waals surface area contributed by atoms with Crippen LogP contribution < -0.4 is 4.74 Å². The van der Waals surface area contributed by atoms with Crippen molar-refractivity contribution >= 4 is 0 Å². The molecule has 1 nitrogen and oxygen atoms in total. The van der Waals surface area contributed by atoms with Gasteiger partial charge in [0.15, 0.2) is 0 Å². The van der Waals surface area contributed by atoms with Crippen molar-refractivity contribution in [3.05, 3.63) is 77.9 Å². The average molecular weight is 288 g/mol. The molecule has 0 atom stereocenters. The van der Waals surface area contributed by atoms with Crippen LogP contribution in [0, 0.1) is 13.8 Å². The van der Waals surface area contributed by atoms with Crippen LogP contribution in [0.3, 0.4) is 0 Å². The van der Waals surface area contributed by atoms with Crippen molar-refractivity contribution in [1.29, 1.82) is 0 Å². The van der Waals surface area contributed by atoms with E-state index in [-0.39, 0.29) is 0 Å². The van der Waals surface area contributed by atoms with Gasteiger partial charge >= 0.3 is 0 Å². The molecule has 0 aliphatic carbocycles. The summed E-state index contributed by atoms with van der Waals surface area (Å²) in [4.78, 5) is 0. The minimum Gasteiger partial charge on any atom is -0.496 e. The van der Waals surface area contributed by atoms with Gasteiger partial charge in [-0.25, -0.2) is 0 Å². The van der Waals surface area contributed by atoms with Crippen LogP contribution in [0.4, 0.5) is 0 Å². The molecule has 3 aromatic rings. The Morgan fingerprint density at radius 1 is 0.591 bits per heavy atom. The van der Waals surface area contributed by atoms with Crippen molar-refractivity contribution in [2.45, 2.75) is 13.8 Å². The van der Waals surface area contributed by atoms with Crippen molar-refractivity contribution in [3.8, 4) is 28.0 Å². The Kier molecular flexibility index (Phi) is 3.97. The molecule has 0 saturated heterocycles. The Bertz CT molecular complexity index is 768. The summed E-state index contributed by atoms with van der Waals surface area (Å²) in [6, 6.07) is 23.5. The Hall–Kier alpha value is -2.54. The molecule has 1 heteroatoms. The number of hydrogen-bond acceptors (Lipinski definition) is 1. The van der Waals surface area contributed by atoms with E-state index in [0.29, 0.717) is 0 Å². The molecule has 0 aliphatic rings. The second kappa shape index (κ2) is 6.07. The summed E-state index contributed by atoms with van der Waals surface area (Å²) in [6.45, 7) is 4.21. The lowest BCUT2D eigenvalue weighted by Gasteiger charge is -2.12. The number of ether oxygens (including phenoxy) is 1. The van der Waals surface area contributed by atoms with Crippen LogP contribution >= 0.6 is 0 Å². The van der Waals surface area contributed by atoms with Crippen molar-refractivity contribution < 1.29 is 4.74 Å². The van der Waals surface area contributed by atoms with Crippen molar-refractivity contribution in [1.82, 2.24) is 0 Å². The number of benzene rings is 3. The summed E-state index contributed by atoms with van der Waals surface area (Å²) in [5, 5.41) is 0. The Labute approximate surface area is 132 Å². The van der Waals surface area contributed by atoms with Crippen LogP contribution in [0.2, 0.25) is 0 Å². The summed E-state index contributed by atoms with van der Waals surface area (Å²) in [6.07, 6.45) is 0. The second-order valence-electron chi connectivity index (χ2n) is 5.65. The molecule has 0 heterocycles. The lowest BCUT2D eigenvalue weighted by Crippen LogP contribution is -1.89. The molecular weight excluding hydrogens is 268 g/mol. The predicted molar refractivity (Wildman–Crippen MR) is 93.3 cm³/mol. The van der Waals surface area contributed by atoms with Gasteiger partial charge in [-0.05, 0) is 42.7 Å². The molecule has 0 radical (unpaired) electrons. The van der Waals surface area contributed by atoms with Gasteiger partial charge in [0, 0.05) is 5.56 Å². The molecule has 0 amide bonds. The predicted octanol–water partition coefficient (Wildman–Crippen LogP) is 5.65. The van der Waals surface area contributed by atoms with E-state index >= 15 is 0 Å². The lowest BCUT2D eigenvalue weighted by atomic mass is 9.97. The van der Waals surface area contributed by atoms with Crippen LogP contribution in [0.5, 0.6) is 5.75 Å². The molecule has 0 saturated carbocycles. The topological polar surface area (TPSA) is 9.23 Å². The van der Waals surface area contributed by atoms with Gasteiger partial charge in [0.25, 0.3) is 0 Å². The molecule has 0 fully saturated rings. The summed E-state index contributed by atoms with van der Waals surface area (Å²) >= 11 is 0. The third kappa shape index (κ3) is 2.89. The first kappa shape index (κ1) is 14.4. The average Bonchev–Trinajstić information content (AvgIpc) is 2.56. The fourth-order valence-electron chi connectivity index (χ4n) is 2.59. The van der Waals surface area contributed by atoms with Gasteiger partial charge in [0.1, 0.15) is 5.75 Å². The zero-order valence-electron chi connectivity index (χ0n) is 13.3. The van der Waals surface area contributed by atoms with Crippen LogP contribution in [-0.4, -0.2) is 7.11 Å². The quantitative estimate of drug-likeness (QED) is 0.605. The van der Waals surface area contributed by atoms with Gasteiger partial charge in [0.05, 0.1) is 7.11 Å². The smallest absolute Gasteiger partial charge is 0.126 e. The molecule has 0 aromatic heterocycles. The van der Waals surface area contributed by atoms with E-state index in [0.717, 1.165) is 11.3 Å². The molecule has 0 aliphatic heterocycles. The SMILES string of the molecule is COc1ccc(-c2ccc(C)cc2)cc1-c1ccc(C)cc1. The molecule has 0 bridgehead atoms. The van der Waals surface area contributed by atoms with Crippen LogP contribution in [-0.2, 0) is 0 Å². The van der Waals surface area contributed by atoms with Crippen molar-refractivity contribution in [2.24, 2.45) is 0 Å². The monoisotopic (exact) mass is 288 g/mol. The van der Waals surface area contributed by atoms with Gasteiger partial charge < -0.3 is 4.74 Å². The summed E-state index contributed by atoms with van der Waals surface area (Å²) in [5.74, 6) is 0.903. The highest BCUT2D eigenvalue weighted by Crippen LogP contribution is 2.34. The third-order valence-corrected chi connectivity index (χ3v) is 3.95. The Balaban J connectivity index is 2.10. The maximum Gasteiger partial charge on any atom is 0.126 e. The van der Waals surface area contributed by atoms with E-state index in [1.165, 1.54) is 27.8 Å². The minimum atomic E-state index is 0.903. The second-order valence-corrected chi connectivity index (χ2v) is 5.65. The van der Waals surface area contributed by atoms with Gasteiger partial charge in [-0.2, -0.15) is 0 Å². The number of aryl methyl sites for hydroxylation is 2. The fraction of sp³-hybridized carbons (Fsp3) is 0.143. The molecular formula is C21H20O. The van der Waals surface area contributed by atoms with Crippen molar-refractivity contribution in [3.63, 3.8) is 0 Å². The zero-order chi connectivity index (χ0) is 15.5. The molecule has 22 heavy (non-hydrogen) atoms. The molecule has 0 unspecified atom stereocenters. The minimum absolute atomic E-state index is 0.903. The summed E-state index contributed by atoms with van der Waals surface area (Å²) in [5.41, 5.74) is 7.27. The van der Waals surface area contributed by atoms with E-state index < -0.39 is 0 Å². The standard InChI is InChI=1S/C21H20O/c1-15-4-8-17(9-5-15)19-12-13-21(22-3)20(14-19)18-10-6-16(2)7-11-18/h4-14H,1-3H3. The highest BCUT2D eigenvalue weighted by Gasteiger charge is 2.08. The molecule has 110 valence electrons. The molecule has 0 N–H and O–H groups in total. The van der Waals surface area contributed by atoms with E-state index in [4.69, 9.17) is 4.74 Å². The molecule has 3 rings (SSSR count). The van der Waals surface area contributed by atoms with Crippen LogP contribution in [0.25, 0.3) is 22.3 Å². The van der Waals surface area contributed by atoms with Gasteiger partial charge in [-0.1, -0.05) is 65.7 Å². The maximum absolute atomic E-state index is 5.54. The summed E-state index contributed by atoms with van der Waals surface area (Å²) in [7, 11) is 1.72. The summed E-state index contributed by atoms with van der Waals surface area (Å²) < 4.78 is 5.54. The normalized spacial score (nSPS) is 10.5. The lowest BCUT2D eigenvalue weighted by molar-refractivity contribution is 0.416. The maximum atomic E-state index is 5.54. The van der Waals surface area contributed by atoms with Crippen LogP contribution in [0.15, 0.2) is 66.7 Å². The van der Waals surface area contributed by atoms with E-state index in [9.17, 15) is 0 Å². The van der Waals surface area contributed by atoms with Gasteiger partial charge in [-0.3, -0.25) is 0 Å². The first-order valence-corrected chi connectivity index (χ1v) is 7.49. The highest BCUT2D eigenvalue weighted by molar-refractivity contribution is 5.77. The Morgan fingerprint density at radius 2 is 1.09 bits per heavy atom. The van der Waals surface area contributed by atoms with E-state index in [2.05, 4.69) is 74.5 Å². The van der Waals surface area contributed by atoms with E-state index in [1.807, 2.05) is 6.07 Å². The number of methoxy groups -OCH3 is 1. The largest absolute Gasteiger partial charge is 0.496 e. The first-order chi connectivity index (χ1) is 10.7. The zero-order valence-corrected chi connectivity index (χ0v) is 13.3. The third-order valence-electron chi connectivity index (χ3n) is 3.95. The van der Waals surface area contributed by atoms with Gasteiger partial charge in [0.2, 0.25) is 0 Å². The Morgan fingerprint density at radius 3 is 1.64 bits per heavy atom. The van der Waals surface area contributed by atoms with Gasteiger partial charge in [-0.15, -0.1) is 0 Å². The molecule has 0 spiro atoms. The molecule has 3 aromatic carbocycles. The van der Waals surface area contributed by atoms with E-state index in [1.54, 1.807) is 7.11 Å². The van der Waals surface area contributed by atoms with Crippen LogP contribution in [0.1, 0.15) is 11.1 Å².